The zero-order valence-electron chi connectivity index (χ0n) is 13.7. The fourth-order valence-electron chi connectivity index (χ4n) is 4.29. The van der Waals surface area contributed by atoms with Crippen molar-refractivity contribution in [2.45, 2.75) is 71.4 Å². The van der Waals surface area contributed by atoms with E-state index in [9.17, 15) is 5.11 Å². The van der Waals surface area contributed by atoms with Gasteiger partial charge in [-0.1, -0.05) is 33.6 Å². The van der Waals surface area contributed by atoms with Crippen LogP contribution >= 0.6 is 0 Å². The van der Waals surface area contributed by atoms with E-state index in [1.165, 1.54) is 51.6 Å². The van der Waals surface area contributed by atoms with Gasteiger partial charge in [0.25, 0.3) is 0 Å². The molecule has 3 nitrogen and oxygen atoms in total. The number of hydrogen-bond donors (Lipinski definition) is 2. The second kappa shape index (κ2) is 7.24. The topological polar surface area (TPSA) is 35.5 Å². The first kappa shape index (κ1) is 16.3. The van der Waals surface area contributed by atoms with Crippen LogP contribution in [0.25, 0.3) is 0 Å². The summed E-state index contributed by atoms with van der Waals surface area (Å²) in [4.78, 5) is 2.57. The van der Waals surface area contributed by atoms with Crippen molar-refractivity contribution in [3.63, 3.8) is 0 Å². The Morgan fingerprint density at radius 3 is 2.75 bits per heavy atom. The largest absolute Gasteiger partial charge is 0.395 e. The molecule has 2 rings (SSSR count). The van der Waals surface area contributed by atoms with Crippen LogP contribution in [0.4, 0.5) is 0 Å². The van der Waals surface area contributed by atoms with Gasteiger partial charge < -0.3 is 10.4 Å². The Labute approximate surface area is 125 Å². The third-order valence-corrected chi connectivity index (χ3v) is 5.32. The molecule has 0 aromatic carbocycles. The Morgan fingerprint density at radius 2 is 2.10 bits per heavy atom. The van der Waals surface area contributed by atoms with Gasteiger partial charge in [0.05, 0.1) is 6.61 Å². The van der Waals surface area contributed by atoms with Gasteiger partial charge >= 0.3 is 0 Å². The third kappa shape index (κ3) is 4.19. The lowest BCUT2D eigenvalue weighted by atomic mass is 9.69. The highest BCUT2D eigenvalue weighted by molar-refractivity contribution is 4.93. The number of aliphatic hydroxyl groups is 1. The molecule has 2 N–H and O–H groups in total. The predicted molar refractivity (Wildman–Crippen MR) is 84.9 cm³/mol. The van der Waals surface area contributed by atoms with Crippen molar-refractivity contribution in [2.24, 2.45) is 11.3 Å². The molecular formula is C17H34N2O. The summed E-state index contributed by atoms with van der Waals surface area (Å²) in [7, 11) is 0. The van der Waals surface area contributed by atoms with Crippen LogP contribution in [0.2, 0.25) is 0 Å². The van der Waals surface area contributed by atoms with Crippen molar-refractivity contribution in [3.05, 3.63) is 0 Å². The lowest BCUT2D eigenvalue weighted by molar-refractivity contribution is 0.0571. The van der Waals surface area contributed by atoms with E-state index in [-0.39, 0.29) is 0 Å². The molecule has 1 aliphatic carbocycles. The Hall–Kier alpha value is -0.120. The van der Waals surface area contributed by atoms with Crippen LogP contribution in [-0.2, 0) is 0 Å². The maximum absolute atomic E-state index is 9.56. The molecule has 2 fully saturated rings. The Morgan fingerprint density at radius 1 is 1.30 bits per heavy atom. The summed E-state index contributed by atoms with van der Waals surface area (Å²) in [5.41, 5.74) is 0.430. The zero-order chi connectivity index (χ0) is 14.6. The summed E-state index contributed by atoms with van der Waals surface area (Å²) in [6, 6.07) is 0.986. The van der Waals surface area contributed by atoms with Gasteiger partial charge in [0, 0.05) is 25.2 Å². The van der Waals surface area contributed by atoms with Gasteiger partial charge in [0.2, 0.25) is 0 Å². The number of hydrogen-bond acceptors (Lipinski definition) is 3. The minimum absolute atomic E-state index is 0.337. The van der Waals surface area contributed by atoms with Crippen molar-refractivity contribution >= 4 is 0 Å². The van der Waals surface area contributed by atoms with E-state index in [2.05, 4.69) is 31.0 Å². The molecule has 3 heteroatoms. The molecule has 20 heavy (non-hydrogen) atoms. The predicted octanol–water partition coefficient (Wildman–Crippen LogP) is 2.64. The van der Waals surface area contributed by atoms with E-state index in [0.29, 0.717) is 24.1 Å². The average Bonchev–Trinajstić information content (AvgIpc) is 2.83. The number of rotatable bonds is 6. The number of aliphatic hydroxyl groups excluding tert-OH is 1. The summed E-state index contributed by atoms with van der Waals surface area (Å²) in [6.45, 7) is 10.7. The average molecular weight is 282 g/mol. The number of nitrogens with zero attached hydrogens (tertiary/aromatic N) is 1. The summed E-state index contributed by atoms with van der Waals surface area (Å²) >= 11 is 0. The highest BCUT2D eigenvalue weighted by Gasteiger charge is 2.38. The van der Waals surface area contributed by atoms with E-state index < -0.39 is 0 Å². The highest BCUT2D eigenvalue weighted by atomic mass is 16.3. The van der Waals surface area contributed by atoms with Crippen LogP contribution < -0.4 is 5.32 Å². The van der Waals surface area contributed by atoms with Crippen molar-refractivity contribution < 1.29 is 5.11 Å². The van der Waals surface area contributed by atoms with E-state index in [4.69, 9.17) is 0 Å². The van der Waals surface area contributed by atoms with Gasteiger partial charge in [-0.05, 0) is 43.6 Å². The molecule has 0 spiro atoms. The minimum Gasteiger partial charge on any atom is -0.395 e. The summed E-state index contributed by atoms with van der Waals surface area (Å²) in [6.07, 6.45) is 7.91. The fourth-order valence-corrected chi connectivity index (χ4v) is 4.29. The van der Waals surface area contributed by atoms with E-state index in [1.54, 1.807) is 0 Å². The maximum atomic E-state index is 9.56. The molecular weight excluding hydrogens is 248 g/mol. The molecule has 0 radical (unpaired) electrons. The molecule has 0 aromatic rings. The van der Waals surface area contributed by atoms with Crippen LogP contribution in [0, 0.1) is 11.3 Å². The molecule has 1 aliphatic heterocycles. The van der Waals surface area contributed by atoms with Crippen molar-refractivity contribution in [1.29, 1.82) is 0 Å². The second-order valence-electron chi connectivity index (χ2n) is 7.69. The molecule has 2 aliphatic rings. The first-order valence-electron chi connectivity index (χ1n) is 8.63. The second-order valence-corrected chi connectivity index (χ2v) is 7.69. The van der Waals surface area contributed by atoms with Gasteiger partial charge in [-0.15, -0.1) is 0 Å². The van der Waals surface area contributed by atoms with E-state index in [1.807, 2.05) is 0 Å². The molecule has 0 bridgehead atoms. The molecule has 3 unspecified atom stereocenters. The Bertz CT molecular complexity index is 295. The molecule has 0 aromatic heterocycles. The fraction of sp³-hybridized carbons (Fsp3) is 1.00. The van der Waals surface area contributed by atoms with Crippen molar-refractivity contribution in [2.75, 3.05) is 26.2 Å². The summed E-state index contributed by atoms with van der Waals surface area (Å²) < 4.78 is 0. The van der Waals surface area contributed by atoms with Crippen LogP contribution in [-0.4, -0.2) is 48.3 Å². The summed E-state index contributed by atoms with van der Waals surface area (Å²) in [5.74, 6) is 0.855. The maximum Gasteiger partial charge on any atom is 0.0586 e. The lowest BCUT2D eigenvalue weighted by Crippen LogP contribution is -2.49. The van der Waals surface area contributed by atoms with Gasteiger partial charge in [0.15, 0.2) is 0 Å². The van der Waals surface area contributed by atoms with Crippen LogP contribution in [0.3, 0.4) is 0 Å². The Balaban J connectivity index is 2.01. The normalized spacial score (nSPS) is 35.9. The zero-order valence-corrected chi connectivity index (χ0v) is 13.7. The lowest BCUT2D eigenvalue weighted by Gasteiger charge is -2.44. The van der Waals surface area contributed by atoms with Crippen LogP contribution in [0.15, 0.2) is 0 Å². The molecule has 0 amide bonds. The SMILES string of the molecule is CC1CCCC(CNC(C)C)(CN2CCCC2CO)C1. The standard InChI is InChI=1S/C17H34N2O/c1-14(2)18-12-17(8-4-6-15(3)10-17)13-19-9-5-7-16(19)11-20/h14-16,18,20H,4-13H2,1-3H3. The quantitative estimate of drug-likeness (QED) is 0.786. The molecule has 3 atom stereocenters. The highest BCUT2D eigenvalue weighted by Crippen LogP contribution is 2.40. The monoisotopic (exact) mass is 282 g/mol. The number of nitrogens with one attached hydrogen (secondary N) is 1. The first-order valence-corrected chi connectivity index (χ1v) is 8.63. The van der Waals surface area contributed by atoms with Gasteiger partial charge in [0.1, 0.15) is 0 Å². The Kier molecular flexibility index (Phi) is 5.88. The molecule has 1 heterocycles. The molecule has 118 valence electrons. The van der Waals surface area contributed by atoms with E-state index >= 15 is 0 Å². The third-order valence-electron chi connectivity index (χ3n) is 5.32. The molecule has 1 saturated carbocycles. The summed E-state index contributed by atoms with van der Waals surface area (Å²) in [5, 5.41) is 13.3. The van der Waals surface area contributed by atoms with Crippen LogP contribution in [0.1, 0.15) is 59.3 Å². The van der Waals surface area contributed by atoms with Gasteiger partial charge in [-0.3, -0.25) is 4.90 Å². The van der Waals surface area contributed by atoms with Crippen molar-refractivity contribution in [1.82, 2.24) is 10.2 Å². The van der Waals surface area contributed by atoms with E-state index in [0.717, 1.165) is 12.5 Å². The number of likely N-dealkylation sites (tertiary alicyclic amines) is 1. The van der Waals surface area contributed by atoms with Gasteiger partial charge in [-0.25, -0.2) is 0 Å². The van der Waals surface area contributed by atoms with Crippen LogP contribution in [0.5, 0.6) is 0 Å². The molecule has 1 saturated heterocycles. The first-order chi connectivity index (χ1) is 9.54. The minimum atomic E-state index is 0.337. The van der Waals surface area contributed by atoms with Gasteiger partial charge in [-0.2, -0.15) is 0 Å². The van der Waals surface area contributed by atoms with Crippen molar-refractivity contribution in [3.8, 4) is 0 Å². The smallest absolute Gasteiger partial charge is 0.0586 e.